The van der Waals surface area contributed by atoms with E-state index in [1.807, 2.05) is 0 Å². The molecule has 1 spiro atoms. The van der Waals surface area contributed by atoms with Gasteiger partial charge < -0.3 is 40.7 Å². The molecule has 14 heteroatoms. The highest BCUT2D eigenvalue weighted by Gasteiger charge is 2.75. The number of ether oxygens (including phenoxy) is 1. The Labute approximate surface area is 213 Å². The van der Waals surface area contributed by atoms with Gasteiger partial charge in [0.05, 0.1) is 25.2 Å². The third-order valence-electron chi connectivity index (χ3n) is 9.10. The molecule has 0 radical (unpaired) electrons. The lowest BCUT2D eigenvalue weighted by Crippen LogP contribution is -2.81. The van der Waals surface area contributed by atoms with Crippen molar-refractivity contribution in [1.82, 2.24) is 30.7 Å². The lowest BCUT2D eigenvalue weighted by Gasteiger charge is -2.51. The van der Waals surface area contributed by atoms with Crippen LogP contribution in [0.2, 0.25) is 0 Å². The van der Waals surface area contributed by atoms with E-state index < -0.39 is 35.7 Å². The fraction of sp³-hybridized carbons (Fsp3) is 0.783. The maximum atomic E-state index is 13.3. The van der Waals surface area contributed by atoms with Crippen LogP contribution in [0.4, 0.5) is 4.79 Å². The van der Waals surface area contributed by atoms with E-state index in [-0.39, 0.29) is 55.7 Å². The third kappa shape index (κ3) is 3.48. The number of rotatable bonds is 3. The summed E-state index contributed by atoms with van der Waals surface area (Å²) in [4.78, 5) is 42.0. The average Bonchev–Trinajstić information content (AvgIpc) is 3.46. The van der Waals surface area contributed by atoms with Crippen LogP contribution < -0.4 is 16.0 Å². The van der Waals surface area contributed by atoms with Gasteiger partial charge in [0.15, 0.2) is 23.7 Å². The molecule has 3 amide bonds. The summed E-state index contributed by atoms with van der Waals surface area (Å²) in [6.45, 7) is 0.245. The number of nitrogens with one attached hydrogen (secondary N) is 5. The molecule has 0 aromatic carbocycles. The number of carbonyl (C=O) groups is 3. The molecule has 1 aliphatic carbocycles. The molecule has 0 bridgehead atoms. The van der Waals surface area contributed by atoms with E-state index in [9.17, 15) is 24.6 Å². The number of imide groups is 1. The average molecular weight is 519 g/mol. The summed E-state index contributed by atoms with van der Waals surface area (Å²) in [5, 5.41) is 48.5. The van der Waals surface area contributed by atoms with Gasteiger partial charge in [-0.15, -0.1) is 0 Å². The molecule has 202 valence electrons. The molecular weight excluding hydrogens is 484 g/mol. The van der Waals surface area contributed by atoms with Crippen LogP contribution in [0.1, 0.15) is 51.4 Å². The predicted molar refractivity (Wildman–Crippen MR) is 127 cm³/mol. The van der Waals surface area contributed by atoms with Crippen molar-refractivity contribution in [2.45, 2.75) is 87.0 Å². The molecule has 0 aromatic heterocycles. The van der Waals surface area contributed by atoms with Crippen molar-refractivity contribution in [3.8, 4) is 0 Å². The van der Waals surface area contributed by atoms with E-state index in [0.717, 1.165) is 43.4 Å². The Hall–Kier alpha value is -3.13. The highest BCUT2D eigenvalue weighted by Crippen LogP contribution is 2.45. The first-order chi connectivity index (χ1) is 17.6. The van der Waals surface area contributed by atoms with Crippen LogP contribution in [0, 0.1) is 16.7 Å². The lowest BCUT2D eigenvalue weighted by molar-refractivity contribution is -0.259. The summed E-state index contributed by atoms with van der Waals surface area (Å²) in [7, 11) is 0. The van der Waals surface area contributed by atoms with Gasteiger partial charge in [0.25, 0.3) is 0 Å². The van der Waals surface area contributed by atoms with E-state index in [0.29, 0.717) is 12.5 Å². The van der Waals surface area contributed by atoms with Crippen LogP contribution >= 0.6 is 0 Å². The molecule has 5 heterocycles. The number of likely N-dealkylation sites (tertiary alicyclic amines) is 2. The largest absolute Gasteiger partial charge is 0.438 e. The van der Waals surface area contributed by atoms with Crippen LogP contribution in [0.5, 0.6) is 0 Å². The Morgan fingerprint density at radius 3 is 2.51 bits per heavy atom. The molecule has 5 aliphatic heterocycles. The minimum absolute atomic E-state index is 0.0796. The second-order valence-corrected chi connectivity index (χ2v) is 11.0. The maximum Gasteiger partial charge on any atom is 0.410 e. The minimum atomic E-state index is -2.70. The van der Waals surface area contributed by atoms with E-state index in [1.54, 1.807) is 4.90 Å². The molecule has 6 atom stereocenters. The standard InChI is InChI=1S/C23H34N8O6/c24-19-27-18-13(10-30-16(32)7-8-17(30)33)26-20(25)31-11-15(23(35,36)22(18,31)28-19)37-21(34)29-9-3-5-12-4-1-2-6-14(12)29/h12-15,18,35-36H,1-11H2,(H2,25,26)(H3,24,27,28)/t12-,13?,14+,15+,18?,22?/m1/s1. The fourth-order valence-corrected chi connectivity index (χ4v) is 7.33. The zero-order chi connectivity index (χ0) is 26.1. The van der Waals surface area contributed by atoms with Crippen LogP contribution in [-0.4, -0.2) is 110 Å². The van der Waals surface area contributed by atoms with Crippen molar-refractivity contribution in [1.29, 1.82) is 10.8 Å². The molecule has 14 nitrogen and oxygen atoms in total. The first kappa shape index (κ1) is 24.2. The summed E-state index contributed by atoms with van der Waals surface area (Å²) in [6, 6.07) is -1.66. The van der Waals surface area contributed by atoms with Gasteiger partial charge in [-0.1, -0.05) is 12.8 Å². The normalized spacial score (nSPS) is 38.4. The van der Waals surface area contributed by atoms with E-state index >= 15 is 0 Å². The Kier molecular flexibility index (Phi) is 5.53. The van der Waals surface area contributed by atoms with E-state index in [1.165, 1.54) is 4.90 Å². The second kappa shape index (κ2) is 8.45. The van der Waals surface area contributed by atoms with Crippen molar-refractivity contribution in [2.75, 3.05) is 19.6 Å². The number of amides is 3. The van der Waals surface area contributed by atoms with Crippen LogP contribution in [0.3, 0.4) is 0 Å². The molecule has 6 aliphatic rings. The fourth-order valence-electron chi connectivity index (χ4n) is 7.33. The molecule has 0 aromatic rings. The van der Waals surface area contributed by atoms with Crippen LogP contribution in [-0.2, 0) is 14.3 Å². The number of nitrogens with zero attached hydrogens (tertiary/aromatic N) is 3. The van der Waals surface area contributed by atoms with Gasteiger partial charge >= 0.3 is 6.09 Å². The zero-order valence-corrected chi connectivity index (χ0v) is 20.5. The zero-order valence-electron chi connectivity index (χ0n) is 20.5. The van der Waals surface area contributed by atoms with Crippen LogP contribution in [0.25, 0.3) is 0 Å². The smallest absolute Gasteiger partial charge is 0.410 e. The Bertz CT molecular complexity index is 1030. The number of piperidine rings is 1. The number of guanidine groups is 2. The van der Waals surface area contributed by atoms with Gasteiger partial charge in [0.2, 0.25) is 17.6 Å². The molecule has 6 fully saturated rings. The number of hydrogen-bond donors (Lipinski definition) is 7. The number of fused-ring (bicyclic) bond motifs is 1. The summed E-state index contributed by atoms with van der Waals surface area (Å²) in [6.07, 6.45) is 4.30. The SMILES string of the molecule is N=C1NC2C(CN3C(=O)CCC3=O)NC(=N)N3C[C@H](OC(=O)N4CCC[C@H]5CCCC[C@@H]54)C(O)(O)C23N1. The summed E-state index contributed by atoms with van der Waals surface area (Å²) < 4.78 is 5.76. The summed E-state index contributed by atoms with van der Waals surface area (Å²) in [5.74, 6) is -3.35. The number of aliphatic hydroxyl groups is 2. The Morgan fingerprint density at radius 2 is 1.76 bits per heavy atom. The molecule has 5 saturated heterocycles. The second-order valence-electron chi connectivity index (χ2n) is 11.0. The van der Waals surface area contributed by atoms with Crippen LogP contribution in [0.15, 0.2) is 0 Å². The van der Waals surface area contributed by atoms with Crippen molar-refractivity contribution >= 4 is 29.8 Å². The topological polar surface area (TPSA) is 194 Å². The van der Waals surface area contributed by atoms with Gasteiger partial charge in [-0.2, -0.15) is 0 Å². The van der Waals surface area contributed by atoms with Gasteiger partial charge in [-0.05, 0) is 31.6 Å². The third-order valence-corrected chi connectivity index (χ3v) is 9.10. The highest BCUT2D eigenvalue weighted by molar-refractivity contribution is 6.02. The molecule has 6 rings (SSSR count). The summed E-state index contributed by atoms with van der Waals surface area (Å²) >= 11 is 0. The van der Waals surface area contributed by atoms with Crippen molar-refractivity contribution in [3.05, 3.63) is 0 Å². The number of hydrogen-bond acceptors (Lipinski definition) is 8. The highest BCUT2D eigenvalue weighted by atomic mass is 16.6. The number of carbonyl (C=O) groups excluding carboxylic acids is 3. The maximum absolute atomic E-state index is 13.3. The van der Waals surface area contributed by atoms with Gasteiger partial charge in [0, 0.05) is 25.4 Å². The minimum Gasteiger partial charge on any atom is -0.438 e. The van der Waals surface area contributed by atoms with Gasteiger partial charge in [0.1, 0.15) is 0 Å². The Morgan fingerprint density at radius 1 is 1.05 bits per heavy atom. The van der Waals surface area contributed by atoms with Gasteiger partial charge in [-0.3, -0.25) is 25.3 Å². The summed E-state index contributed by atoms with van der Waals surface area (Å²) in [5.41, 5.74) is -1.83. The Balaban J connectivity index is 1.26. The van der Waals surface area contributed by atoms with E-state index in [4.69, 9.17) is 15.6 Å². The molecule has 1 saturated carbocycles. The predicted octanol–water partition coefficient (Wildman–Crippen LogP) is -1.61. The monoisotopic (exact) mass is 518 g/mol. The van der Waals surface area contributed by atoms with Crippen molar-refractivity contribution in [3.63, 3.8) is 0 Å². The molecule has 7 N–H and O–H groups in total. The first-order valence-corrected chi connectivity index (χ1v) is 13.1. The van der Waals surface area contributed by atoms with Gasteiger partial charge in [-0.25, -0.2) is 4.79 Å². The molecular formula is C23H34N8O6. The van der Waals surface area contributed by atoms with Crippen molar-refractivity contribution < 1.29 is 29.3 Å². The van der Waals surface area contributed by atoms with E-state index in [2.05, 4.69) is 16.0 Å². The molecule has 37 heavy (non-hydrogen) atoms. The van der Waals surface area contributed by atoms with Crippen molar-refractivity contribution in [2.24, 2.45) is 5.92 Å². The molecule has 3 unspecified atom stereocenters. The lowest BCUT2D eigenvalue weighted by atomic mass is 9.78. The quantitative estimate of drug-likeness (QED) is 0.169. The first-order valence-electron chi connectivity index (χ1n) is 13.1.